The number of carbonyl (C=O) groups excluding carboxylic acids is 2. The van der Waals surface area contributed by atoms with Crippen LogP contribution in [0.25, 0.3) is 0 Å². The Bertz CT molecular complexity index is 654. The number of para-hydroxylation sites is 1. The van der Waals surface area contributed by atoms with Crippen LogP contribution in [0.2, 0.25) is 0 Å². The first-order valence-electron chi connectivity index (χ1n) is 6.75. The molecule has 1 aliphatic rings. The quantitative estimate of drug-likeness (QED) is 0.493. The predicted molar refractivity (Wildman–Crippen MR) is 78.6 cm³/mol. The summed E-state index contributed by atoms with van der Waals surface area (Å²) in [5.41, 5.74) is 1.72. The van der Waals surface area contributed by atoms with Gasteiger partial charge >= 0.3 is 5.97 Å². The van der Waals surface area contributed by atoms with Gasteiger partial charge in [-0.15, -0.1) is 0 Å². The average Bonchev–Trinajstić information content (AvgIpc) is 2.54. The summed E-state index contributed by atoms with van der Waals surface area (Å²) in [6, 6.07) is 18.6. The Morgan fingerprint density at radius 2 is 1.57 bits per heavy atom. The minimum atomic E-state index is -0.766. The van der Waals surface area contributed by atoms with Gasteiger partial charge in [0.05, 0.1) is 13.2 Å². The van der Waals surface area contributed by atoms with Gasteiger partial charge in [-0.05, 0) is 17.7 Å². The van der Waals surface area contributed by atoms with Gasteiger partial charge in [-0.3, -0.25) is 9.59 Å². The zero-order valence-corrected chi connectivity index (χ0v) is 11.6. The summed E-state index contributed by atoms with van der Waals surface area (Å²) in [6.45, 7) is 0. The third-order valence-electron chi connectivity index (χ3n) is 3.73. The molecule has 2 atom stereocenters. The van der Waals surface area contributed by atoms with Gasteiger partial charge in [-0.1, -0.05) is 48.5 Å². The number of carbonyl (C=O) groups is 2. The minimum Gasteiger partial charge on any atom is -0.468 e. The van der Waals surface area contributed by atoms with Crippen molar-refractivity contribution in [3.63, 3.8) is 0 Å². The van der Waals surface area contributed by atoms with Crippen LogP contribution in [0.5, 0.6) is 0 Å². The summed E-state index contributed by atoms with van der Waals surface area (Å²) < 4.78 is 4.77. The third kappa shape index (κ3) is 2.18. The summed E-state index contributed by atoms with van der Waals surface area (Å²) in [5.74, 6) is -1.47. The maximum Gasteiger partial charge on any atom is 0.320 e. The first-order chi connectivity index (χ1) is 10.2. The molecule has 4 heteroatoms. The lowest BCUT2D eigenvalue weighted by Crippen LogP contribution is -2.58. The lowest BCUT2D eigenvalue weighted by Gasteiger charge is -2.45. The van der Waals surface area contributed by atoms with Crippen LogP contribution >= 0.6 is 0 Å². The molecule has 106 valence electrons. The molecule has 1 fully saturated rings. The number of β-lactam (4-membered cyclic amide) rings is 1. The van der Waals surface area contributed by atoms with Gasteiger partial charge in [-0.2, -0.15) is 0 Å². The Morgan fingerprint density at radius 1 is 1.00 bits per heavy atom. The Balaban J connectivity index is 2.00. The molecule has 1 aliphatic heterocycles. The minimum absolute atomic E-state index is 0.220. The average molecular weight is 281 g/mol. The molecule has 2 aromatic carbocycles. The molecule has 0 saturated carbocycles. The van der Waals surface area contributed by atoms with E-state index < -0.39 is 11.9 Å². The van der Waals surface area contributed by atoms with Gasteiger partial charge < -0.3 is 9.64 Å². The molecule has 2 aromatic rings. The van der Waals surface area contributed by atoms with E-state index in [-0.39, 0.29) is 11.9 Å². The van der Waals surface area contributed by atoms with Crippen LogP contribution in [0, 0.1) is 5.92 Å². The maximum atomic E-state index is 12.4. The molecule has 0 aromatic heterocycles. The van der Waals surface area contributed by atoms with Crippen molar-refractivity contribution in [1.29, 1.82) is 0 Å². The van der Waals surface area contributed by atoms with Crippen molar-refractivity contribution in [2.24, 2.45) is 5.92 Å². The van der Waals surface area contributed by atoms with Gasteiger partial charge in [0.2, 0.25) is 5.91 Å². The summed E-state index contributed by atoms with van der Waals surface area (Å²) >= 11 is 0. The molecule has 0 N–H and O–H groups in total. The molecular formula is C17H15NO3. The number of ether oxygens (including phenoxy) is 1. The number of hydrogen-bond donors (Lipinski definition) is 0. The number of rotatable bonds is 3. The number of anilines is 1. The molecule has 4 nitrogen and oxygen atoms in total. The van der Waals surface area contributed by atoms with E-state index in [2.05, 4.69) is 0 Å². The molecule has 0 bridgehead atoms. The zero-order chi connectivity index (χ0) is 14.8. The van der Waals surface area contributed by atoms with E-state index in [0.29, 0.717) is 0 Å². The van der Waals surface area contributed by atoms with Crippen molar-refractivity contribution in [2.75, 3.05) is 12.0 Å². The molecule has 1 amide bonds. The summed E-state index contributed by atoms with van der Waals surface area (Å²) in [7, 11) is 1.31. The number of hydrogen-bond acceptors (Lipinski definition) is 3. The first kappa shape index (κ1) is 13.4. The fourth-order valence-corrected chi connectivity index (χ4v) is 2.71. The Kier molecular flexibility index (Phi) is 3.44. The molecule has 1 heterocycles. The lowest BCUT2D eigenvalue weighted by atomic mass is 9.82. The summed E-state index contributed by atoms with van der Waals surface area (Å²) in [5, 5.41) is 0. The number of nitrogens with zero attached hydrogens (tertiary/aromatic N) is 1. The van der Waals surface area contributed by atoms with E-state index in [0.717, 1.165) is 11.3 Å². The van der Waals surface area contributed by atoms with Crippen molar-refractivity contribution >= 4 is 17.6 Å². The second-order valence-electron chi connectivity index (χ2n) is 4.90. The van der Waals surface area contributed by atoms with E-state index in [1.54, 1.807) is 4.90 Å². The van der Waals surface area contributed by atoms with Gasteiger partial charge in [0, 0.05) is 5.69 Å². The largest absolute Gasteiger partial charge is 0.468 e. The maximum absolute atomic E-state index is 12.4. The fraction of sp³-hybridized carbons (Fsp3) is 0.176. The molecule has 1 saturated heterocycles. The van der Waals surface area contributed by atoms with Crippen LogP contribution in [0.3, 0.4) is 0 Å². The Hall–Kier alpha value is -2.62. The van der Waals surface area contributed by atoms with Gasteiger partial charge in [-0.25, -0.2) is 0 Å². The Morgan fingerprint density at radius 3 is 2.14 bits per heavy atom. The molecule has 0 spiro atoms. The highest BCUT2D eigenvalue weighted by atomic mass is 16.5. The molecule has 0 aliphatic carbocycles. The molecular weight excluding hydrogens is 266 g/mol. The fourth-order valence-electron chi connectivity index (χ4n) is 2.71. The van der Waals surface area contributed by atoms with Crippen molar-refractivity contribution in [1.82, 2.24) is 0 Å². The van der Waals surface area contributed by atoms with Gasteiger partial charge in [0.15, 0.2) is 5.92 Å². The topological polar surface area (TPSA) is 46.6 Å². The van der Waals surface area contributed by atoms with Crippen LogP contribution in [-0.4, -0.2) is 19.0 Å². The van der Waals surface area contributed by atoms with E-state index in [9.17, 15) is 9.59 Å². The third-order valence-corrected chi connectivity index (χ3v) is 3.73. The molecule has 2 unspecified atom stereocenters. The molecule has 21 heavy (non-hydrogen) atoms. The SMILES string of the molecule is COC(=O)C1C(=O)N(c2ccccc2)C1c1ccccc1. The van der Waals surface area contributed by atoms with Crippen molar-refractivity contribution in [3.8, 4) is 0 Å². The van der Waals surface area contributed by atoms with Crippen molar-refractivity contribution < 1.29 is 14.3 Å². The number of esters is 1. The standard InChI is InChI=1S/C17H15NO3/c1-21-17(20)14-15(12-8-4-2-5-9-12)18(16(14)19)13-10-6-3-7-11-13/h2-11,14-15H,1H3. The van der Waals surface area contributed by atoms with Gasteiger partial charge in [0.25, 0.3) is 0 Å². The molecule has 3 rings (SSSR count). The van der Waals surface area contributed by atoms with Crippen LogP contribution in [0.1, 0.15) is 11.6 Å². The smallest absolute Gasteiger partial charge is 0.320 e. The highest BCUT2D eigenvalue weighted by molar-refractivity contribution is 6.14. The van der Waals surface area contributed by atoms with E-state index >= 15 is 0 Å². The van der Waals surface area contributed by atoms with Crippen molar-refractivity contribution in [3.05, 3.63) is 66.2 Å². The Labute approximate surface area is 123 Å². The number of amides is 1. The van der Waals surface area contributed by atoms with E-state index in [1.165, 1.54) is 7.11 Å². The van der Waals surface area contributed by atoms with E-state index in [1.807, 2.05) is 60.7 Å². The number of methoxy groups -OCH3 is 1. The van der Waals surface area contributed by atoms with E-state index in [4.69, 9.17) is 4.74 Å². The highest BCUT2D eigenvalue weighted by Crippen LogP contribution is 2.43. The van der Waals surface area contributed by atoms with Crippen LogP contribution in [0.4, 0.5) is 5.69 Å². The van der Waals surface area contributed by atoms with Crippen molar-refractivity contribution in [2.45, 2.75) is 6.04 Å². The van der Waals surface area contributed by atoms with Crippen LogP contribution in [0.15, 0.2) is 60.7 Å². The normalized spacial score (nSPS) is 20.8. The zero-order valence-electron chi connectivity index (χ0n) is 11.6. The second-order valence-corrected chi connectivity index (χ2v) is 4.90. The summed E-state index contributed by atoms with van der Waals surface area (Å²) in [4.78, 5) is 25.9. The van der Waals surface area contributed by atoms with Gasteiger partial charge in [0.1, 0.15) is 0 Å². The molecule has 0 radical (unpaired) electrons. The monoisotopic (exact) mass is 281 g/mol. The van der Waals surface area contributed by atoms with Crippen LogP contribution < -0.4 is 4.90 Å². The summed E-state index contributed by atoms with van der Waals surface area (Å²) in [6.07, 6.45) is 0. The highest BCUT2D eigenvalue weighted by Gasteiger charge is 2.53. The second kappa shape index (κ2) is 5.40. The number of benzene rings is 2. The lowest BCUT2D eigenvalue weighted by molar-refractivity contribution is -0.155. The predicted octanol–water partition coefficient (Wildman–Crippen LogP) is 2.56. The first-order valence-corrected chi connectivity index (χ1v) is 6.75. The van der Waals surface area contributed by atoms with Crippen LogP contribution in [-0.2, 0) is 14.3 Å².